The molecule has 1 atom stereocenters. The van der Waals surface area contributed by atoms with Gasteiger partial charge in [0.2, 0.25) is 0 Å². The first-order chi connectivity index (χ1) is 13.7. The maximum Gasteiger partial charge on any atom is 0.307 e. The SMILES string of the molecule is CCOCOC(=O)CC[C@@H](Cc1ccc(C2=CCCC=C2)cc1)NCCC=O. The fraction of sp³-hybridized carbons (Fsp3) is 0.478. The average molecular weight is 386 g/mol. The summed E-state index contributed by atoms with van der Waals surface area (Å²) in [5, 5.41) is 3.38. The third-order valence-corrected chi connectivity index (χ3v) is 4.66. The molecule has 0 heterocycles. The Morgan fingerprint density at radius 1 is 1.25 bits per heavy atom. The van der Waals surface area contributed by atoms with Crippen molar-refractivity contribution >= 4 is 17.8 Å². The van der Waals surface area contributed by atoms with E-state index in [9.17, 15) is 9.59 Å². The van der Waals surface area contributed by atoms with E-state index in [1.54, 1.807) is 0 Å². The van der Waals surface area contributed by atoms with Crippen LogP contribution in [0, 0.1) is 0 Å². The van der Waals surface area contributed by atoms with Crippen LogP contribution in [0.5, 0.6) is 0 Å². The van der Waals surface area contributed by atoms with Crippen molar-refractivity contribution < 1.29 is 19.1 Å². The number of carbonyl (C=O) groups is 2. The highest BCUT2D eigenvalue weighted by Gasteiger charge is 2.13. The molecule has 5 heteroatoms. The van der Waals surface area contributed by atoms with Crippen molar-refractivity contribution in [2.75, 3.05) is 19.9 Å². The molecular formula is C23H31NO4. The van der Waals surface area contributed by atoms with E-state index in [1.165, 1.54) is 16.7 Å². The van der Waals surface area contributed by atoms with Gasteiger partial charge in [0, 0.05) is 32.0 Å². The quantitative estimate of drug-likeness (QED) is 0.242. The first-order valence-corrected chi connectivity index (χ1v) is 10.1. The number of benzene rings is 1. The molecule has 0 aliphatic heterocycles. The van der Waals surface area contributed by atoms with Crippen LogP contribution in [0.15, 0.2) is 42.5 Å². The summed E-state index contributed by atoms with van der Waals surface area (Å²) in [5.74, 6) is -0.262. The minimum Gasteiger partial charge on any atom is -0.438 e. The topological polar surface area (TPSA) is 64.6 Å². The second kappa shape index (κ2) is 13.0. The molecule has 152 valence electrons. The first-order valence-electron chi connectivity index (χ1n) is 10.1. The molecule has 1 aliphatic rings. The van der Waals surface area contributed by atoms with Gasteiger partial charge in [0.15, 0.2) is 6.79 Å². The van der Waals surface area contributed by atoms with Crippen LogP contribution in [0.2, 0.25) is 0 Å². The third kappa shape index (κ3) is 8.19. The lowest BCUT2D eigenvalue weighted by Crippen LogP contribution is -2.33. The second-order valence-corrected chi connectivity index (χ2v) is 6.81. The first kappa shape index (κ1) is 22.1. The van der Waals surface area contributed by atoms with Crippen molar-refractivity contribution in [2.45, 2.75) is 51.5 Å². The van der Waals surface area contributed by atoms with E-state index in [0.29, 0.717) is 32.4 Å². The highest BCUT2D eigenvalue weighted by molar-refractivity contribution is 5.74. The van der Waals surface area contributed by atoms with Crippen LogP contribution in [0.25, 0.3) is 5.57 Å². The van der Waals surface area contributed by atoms with Gasteiger partial charge in [0.25, 0.3) is 0 Å². The Bertz CT molecular complexity index is 664. The fourth-order valence-corrected chi connectivity index (χ4v) is 3.12. The van der Waals surface area contributed by atoms with E-state index in [2.05, 4.69) is 47.8 Å². The molecule has 1 aliphatic carbocycles. The Morgan fingerprint density at radius 2 is 2.07 bits per heavy atom. The molecule has 2 rings (SSSR count). The number of esters is 1. The lowest BCUT2D eigenvalue weighted by Gasteiger charge is -2.18. The summed E-state index contributed by atoms with van der Waals surface area (Å²) >= 11 is 0. The molecule has 1 aromatic rings. The van der Waals surface area contributed by atoms with Gasteiger partial charge in [0.1, 0.15) is 6.29 Å². The molecule has 0 saturated carbocycles. The van der Waals surface area contributed by atoms with Crippen LogP contribution >= 0.6 is 0 Å². The van der Waals surface area contributed by atoms with E-state index in [4.69, 9.17) is 9.47 Å². The van der Waals surface area contributed by atoms with Crippen LogP contribution in [0.4, 0.5) is 0 Å². The Hall–Kier alpha value is -2.24. The predicted octanol–water partition coefficient (Wildman–Crippen LogP) is 3.83. The predicted molar refractivity (Wildman–Crippen MR) is 111 cm³/mol. The summed E-state index contributed by atoms with van der Waals surface area (Å²) in [6, 6.07) is 8.69. The Morgan fingerprint density at radius 3 is 2.75 bits per heavy atom. The van der Waals surface area contributed by atoms with Crippen molar-refractivity contribution in [1.82, 2.24) is 5.32 Å². The minimum atomic E-state index is -0.262. The summed E-state index contributed by atoms with van der Waals surface area (Å²) in [7, 11) is 0. The van der Waals surface area contributed by atoms with Crippen molar-refractivity contribution in [2.24, 2.45) is 0 Å². The Kier molecular flexibility index (Phi) is 10.3. The van der Waals surface area contributed by atoms with E-state index >= 15 is 0 Å². The number of carbonyl (C=O) groups excluding carboxylic acids is 2. The van der Waals surface area contributed by atoms with Gasteiger partial charge in [-0.05, 0) is 49.3 Å². The Balaban J connectivity index is 1.89. The number of nitrogens with one attached hydrogen (secondary N) is 1. The van der Waals surface area contributed by atoms with Crippen LogP contribution < -0.4 is 5.32 Å². The van der Waals surface area contributed by atoms with Gasteiger partial charge in [-0.3, -0.25) is 4.79 Å². The Labute approximate surface area is 167 Å². The molecule has 0 saturated heterocycles. The molecule has 0 fully saturated rings. The standard InChI is InChI=1S/C23H31NO4/c1-2-27-18-28-23(26)14-13-22(24-15-6-16-25)17-19-9-11-21(12-10-19)20-7-4-3-5-8-20/h4,7-12,16,22,24H,2-3,5-6,13-15,17-18H2,1H3/t22-/m0/s1. The minimum absolute atomic E-state index is 0.00430. The molecule has 0 bridgehead atoms. The molecule has 28 heavy (non-hydrogen) atoms. The van der Waals surface area contributed by atoms with Crippen LogP contribution in [0.3, 0.4) is 0 Å². The molecular weight excluding hydrogens is 354 g/mol. The second-order valence-electron chi connectivity index (χ2n) is 6.81. The number of ether oxygens (including phenoxy) is 2. The number of rotatable bonds is 13. The van der Waals surface area contributed by atoms with Crippen molar-refractivity contribution in [3.05, 3.63) is 53.6 Å². The van der Waals surface area contributed by atoms with Gasteiger partial charge < -0.3 is 19.6 Å². The molecule has 5 nitrogen and oxygen atoms in total. The summed E-state index contributed by atoms with van der Waals surface area (Å²) in [4.78, 5) is 22.4. The zero-order chi connectivity index (χ0) is 20.0. The van der Waals surface area contributed by atoms with Gasteiger partial charge in [-0.1, -0.05) is 42.5 Å². The van der Waals surface area contributed by atoms with E-state index in [-0.39, 0.29) is 18.8 Å². The number of hydrogen-bond donors (Lipinski definition) is 1. The molecule has 0 aromatic heterocycles. The average Bonchev–Trinajstić information content (AvgIpc) is 2.73. The summed E-state index contributed by atoms with van der Waals surface area (Å²) in [5.41, 5.74) is 3.70. The van der Waals surface area contributed by atoms with Crippen molar-refractivity contribution in [3.8, 4) is 0 Å². The van der Waals surface area contributed by atoms with Crippen LogP contribution in [0.1, 0.15) is 50.2 Å². The van der Waals surface area contributed by atoms with E-state index in [1.807, 2.05) is 6.92 Å². The molecule has 0 amide bonds. The number of allylic oxidation sites excluding steroid dienone is 4. The molecule has 0 radical (unpaired) electrons. The highest BCUT2D eigenvalue weighted by atomic mass is 16.7. The maximum absolute atomic E-state index is 11.8. The zero-order valence-corrected chi connectivity index (χ0v) is 16.7. The smallest absolute Gasteiger partial charge is 0.307 e. The molecule has 1 aromatic carbocycles. The number of hydrogen-bond acceptors (Lipinski definition) is 5. The largest absolute Gasteiger partial charge is 0.438 e. The van der Waals surface area contributed by atoms with Gasteiger partial charge >= 0.3 is 5.97 Å². The van der Waals surface area contributed by atoms with Crippen LogP contribution in [-0.4, -0.2) is 38.2 Å². The van der Waals surface area contributed by atoms with Gasteiger partial charge in [-0.25, -0.2) is 0 Å². The van der Waals surface area contributed by atoms with E-state index < -0.39 is 0 Å². The normalized spacial score (nSPS) is 14.4. The number of aldehydes is 1. The van der Waals surface area contributed by atoms with Gasteiger partial charge in [-0.15, -0.1) is 0 Å². The zero-order valence-electron chi connectivity index (χ0n) is 16.7. The van der Waals surface area contributed by atoms with E-state index in [0.717, 1.165) is 25.5 Å². The van der Waals surface area contributed by atoms with Gasteiger partial charge in [0.05, 0.1) is 0 Å². The lowest BCUT2D eigenvalue weighted by atomic mass is 9.96. The van der Waals surface area contributed by atoms with Crippen molar-refractivity contribution in [1.29, 1.82) is 0 Å². The third-order valence-electron chi connectivity index (χ3n) is 4.66. The van der Waals surface area contributed by atoms with Gasteiger partial charge in [-0.2, -0.15) is 0 Å². The molecule has 0 unspecified atom stereocenters. The lowest BCUT2D eigenvalue weighted by molar-refractivity contribution is -0.156. The van der Waals surface area contributed by atoms with Crippen LogP contribution in [-0.2, 0) is 25.5 Å². The summed E-state index contributed by atoms with van der Waals surface area (Å²) < 4.78 is 10.1. The summed E-state index contributed by atoms with van der Waals surface area (Å²) in [6.07, 6.45) is 12.0. The highest BCUT2D eigenvalue weighted by Crippen LogP contribution is 2.22. The maximum atomic E-state index is 11.8. The monoisotopic (exact) mass is 385 g/mol. The molecule has 1 N–H and O–H groups in total. The van der Waals surface area contributed by atoms with Crippen molar-refractivity contribution in [3.63, 3.8) is 0 Å². The molecule has 0 spiro atoms. The fourth-order valence-electron chi connectivity index (χ4n) is 3.12. The summed E-state index contributed by atoms with van der Waals surface area (Å²) in [6.45, 7) is 2.99.